The number of benzene rings is 1. The van der Waals surface area contributed by atoms with Crippen LogP contribution in [0.2, 0.25) is 0 Å². The summed E-state index contributed by atoms with van der Waals surface area (Å²) in [6, 6.07) is 6.90. The maximum absolute atomic E-state index is 12.4. The standard InChI is InChI=1S/C18H20N2O5/c1-18(2,3)24-17(23)20-8-4-5-11-9-12(6-7-14(11)20)15-10-13(16(21)22)19-25-15/h6-7,9-10H,4-5,8H2,1-3H3,(H,21,22). The Balaban J connectivity index is 1.89. The second-order valence-corrected chi connectivity index (χ2v) is 6.96. The third-order valence-corrected chi connectivity index (χ3v) is 3.83. The molecule has 0 saturated carbocycles. The third-order valence-electron chi connectivity index (χ3n) is 3.83. The number of aryl methyl sites for hydroxylation is 1. The number of nitrogens with zero attached hydrogens (tertiary/aromatic N) is 2. The lowest BCUT2D eigenvalue weighted by atomic mass is 9.98. The number of carbonyl (C=O) groups is 2. The van der Waals surface area contributed by atoms with Gasteiger partial charge in [-0.25, -0.2) is 9.59 Å². The number of fused-ring (bicyclic) bond motifs is 1. The monoisotopic (exact) mass is 344 g/mol. The number of anilines is 1. The number of aromatic nitrogens is 1. The number of rotatable bonds is 2. The molecule has 1 amide bonds. The molecule has 132 valence electrons. The van der Waals surface area contributed by atoms with Crippen molar-refractivity contribution in [3.05, 3.63) is 35.5 Å². The molecule has 1 N–H and O–H groups in total. The molecular weight excluding hydrogens is 324 g/mol. The van der Waals surface area contributed by atoms with Crippen molar-refractivity contribution in [1.82, 2.24) is 5.16 Å². The second-order valence-electron chi connectivity index (χ2n) is 6.96. The molecule has 0 unspecified atom stereocenters. The van der Waals surface area contributed by atoms with Gasteiger partial charge in [-0.2, -0.15) is 0 Å². The summed E-state index contributed by atoms with van der Waals surface area (Å²) in [5.74, 6) is -0.751. The highest BCUT2D eigenvalue weighted by atomic mass is 16.6. The van der Waals surface area contributed by atoms with Crippen molar-refractivity contribution in [3.63, 3.8) is 0 Å². The molecule has 25 heavy (non-hydrogen) atoms. The molecular formula is C18H20N2O5. The van der Waals surface area contributed by atoms with Gasteiger partial charge in [0.1, 0.15) is 5.60 Å². The lowest BCUT2D eigenvalue weighted by molar-refractivity contribution is 0.0576. The van der Waals surface area contributed by atoms with Gasteiger partial charge in [-0.05, 0) is 57.4 Å². The number of carboxylic acids is 1. The molecule has 0 saturated heterocycles. The molecule has 2 aromatic rings. The zero-order valence-corrected chi connectivity index (χ0v) is 14.4. The van der Waals surface area contributed by atoms with E-state index in [4.69, 9.17) is 14.4 Å². The van der Waals surface area contributed by atoms with Gasteiger partial charge in [0.15, 0.2) is 11.5 Å². The van der Waals surface area contributed by atoms with Crippen LogP contribution < -0.4 is 4.90 Å². The first kappa shape index (κ1) is 17.0. The van der Waals surface area contributed by atoms with E-state index < -0.39 is 11.6 Å². The zero-order valence-electron chi connectivity index (χ0n) is 14.4. The minimum atomic E-state index is -1.14. The lowest BCUT2D eigenvalue weighted by Gasteiger charge is -2.31. The summed E-state index contributed by atoms with van der Waals surface area (Å²) < 4.78 is 10.6. The molecule has 1 aromatic carbocycles. The van der Waals surface area contributed by atoms with Crippen LogP contribution in [0.25, 0.3) is 11.3 Å². The molecule has 0 atom stereocenters. The number of hydrogen-bond acceptors (Lipinski definition) is 5. The Morgan fingerprint density at radius 3 is 2.68 bits per heavy atom. The van der Waals surface area contributed by atoms with Crippen LogP contribution in [0.15, 0.2) is 28.8 Å². The molecule has 2 heterocycles. The van der Waals surface area contributed by atoms with Gasteiger partial charge < -0.3 is 14.4 Å². The molecule has 1 aliphatic rings. The highest BCUT2D eigenvalue weighted by molar-refractivity contribution is 5.90. The number of carbonyl (C=O) groups excluding carboxylic acids is 1. The Morgan fingerprint density at radius 1 is 1.28 bits per heavy atom. The van der Waals surface area contributed by atoms with Gasteiger partial charge in [0, 0.05) is 18.2 Å². The van der Waals surface area contributed by atoms with Gasteiger partial charge in [0.05, 0.1) is 5.69 Å². The summed E-state index contributed by atoms with van der Waals surface area (Å²) in [5, 5.41) is 12.5. The fourth-order valence-corrected chi connectivity index (χ4v) is 2.77. The van der Waals surface area contributed by atoms with Crippen molar-refractivity contribution < 1.29 is 24.0 Å². The normalized spacial score (nSPS) is 14.1. The Bertz CT molecular complexity index is 819. The number of ether oxygens (including phenoxy) is 1. The van der Waals surface area contributed by atoms with Crippen LogP contribution in [0, 0.1) is 0 Å². The number of aromatic carboxylic acids is 1. The first-order chi connectivity index (χ1) is 11.7. The smallest absolute Gasteiger partial charge is 0.414 e. The van der Waals surface area contributed by atoms with E-state index in [1.54, 1.807) is 11.0 Å². The van der Waals surface area contributed by atoms with Crippen LogP contribution in [0.3, 0.4) is 0 Å². The average molecular weight is 344 g/mol. The lowest BCUT2D eigenvalue weighted by Crippen LogP contribution is -2.39. The summed E-state index contributed by atoms with van der Waals surface area (Å²) in [6.45, 7) is 6.11. The summed E-state index contributed by atoms with van der Waals surface area (Å²) >= 11 is 0. The first-order valence-corrected chi connectivity index (χ1v) is 8.08. The average Bonchev–Trinajstić information content (AvgIpc) is 3.02. The summed E-state index contributed by atoms with van der Waals surface area (Å²) in [5.41, 5.74) is 1.83. The predicted octanol–water partition coefficient (Wildman–Crippen LogP) is 3.73. The number of hydrogen-bond donors (Lipinski definition) is 1. The van der Waals surface area contributed by atoms with Crippen LogP contribution in [0.1, 0.15) is 43.2 Å². The maximum atomic E-state index is 12.4. The van der Waals surface area contributed by atoms with Gasteiger partial charge in [-0.3, -0.25) is 4.90 Å². The topological polar surface area (TPSA) is 92.9 Å². The minimum Gasteiger partial charge on any atom is -0.476 e. The van der Waals surface area contributed by atoms with E-state index in [2.05, 4.69) is 5.16 Å². The quantitative estimate of drug-likeness (QED) is 0.892. The van der Waals surface area contributed by atoms with Crippen molar-refractivity contribution in [2.45, 2.75) is 39.2 Å². The molecule has 0 spiro atoms. The fraction of sp³-hybridized carbons (Fsp3) is 0.389. The van der Waals surface area contributed by atoms with Gasteiger partial charge in [-0.1, -0.05) is 5.16 Å². The van der Waals surface area contributed by atoms with Crippen LogP contribution in [-0.2, 0) is 11.2 Å². The van der Waals surface area contributed by atoms with Gasteiger partial charge >= 0.3 is 12.1 Å². The van der Waals surface area contributed by atoms with Gasteiger partial charge in [0.25, 0.3) is 0 Å². The second kappa shape index (κ2) is 6.23. The summed E-state index contributed by atoms with van der Waals surface area (Å²) in [4.78, 5) is 25.0. The van der Waals surface area contributed by atoms with E-state index in [9.17, 15) is 9.59 Å². The summed E-state index contributed by atoms with van der Waals surface area (Å²) in [7, 11) is 0. The largest absolute Gasteiger partial charge is 0.476 e. The Kier molecular flexibility index (Phi) is 4.24. The summed E-state index contributed by atoms with van der Waals surface area (Å²) in [6.07, 6.45) is 1.28. The number of carboxylic acid groups (broad SMARTS) is 1. The number of amides is 1. The van der Waals surface area contributed by atoms with E-state index in [0.717, 1.165) is 29.7 Å². The first-order valence-electron chi connectivity index (χ1n) is 8.08. The molecule has 0 aliphatic carbocycles. The molecule has 1 aromatic heterocycles. The van der Waals surface area contributed by atoms with E-state index in [-0.39, 0.29) is 11.8 Å². The van der Waals surface area contributed by atoms with E-state index in [1.165, 1.54) is 6.07 Å². The highest BCUT2D eigenvalue weighted by Gasteiger charge is 2.27. The molecule has 0 fully saturated rings. The third kappa shape index (κ3) is 3.65. The van der Waals surface area contributed by atoms with Crippen LogP contribution in [0.5, 0.6) is 0 Å². The highest BCUT2D eigenvalue weighted by Crippen LogP contribution is 2.32. The Hall–Kier alpha value is -2.83. The van der Waals surface area contributed by atoms with Crippen molar-refractivity contribution >= 4 is 17.7 Å². The maximum Gasteiger partial charge on any atom is 0.414 e. The van der Waals surface area contributed by atoms with Crippen molar-refractivity contribution in [3.8, 4) is 11.3 Å². The fourth-order valence-electron chi connectivity index (χ4n) is 2.77. The Morgan fingerprint density at radius 2 is 2.04 bits per heavy atom. The molecule has 7 heteroatoms. The van der Waals surface area contributed by atoms with E-state index >= 15 is 0 Å². The van der Waals surface area contributed by atoms with Crippen LogP contribution >= 0.6 is 0 Å². The minimum absolute atomic E-state index is 0.136. The van der Waals surface area contributed by atoms with Crippen molar-refractivity contribution in [1.29, 1.82) is 0 Å². The van der Waals surface area contributed by atoms with Crippen molar-refractivity contribution in [2.75, 3.05) is 11.4 Å². The Labute approximate surface area is 145 Å². The van der Waals surface area contributed by atoms with Gasteiger partial charge in [-0.15, -0.1) is 0 Å². The van der Waals surface area contributed by atoms with Crippen molar-refractivity contribution in [2.24, 2.45) is 0 Å². The van der Waals surface area contributed by atoms with Crippen LogP contribution in [0.4, 0.5) is 10.5 Å². The molecule has 0 bridgehead atoms. The predicted molar refractivity (Wildman–Crippen MR) is 90.8 cm³/mol. The van der Waals surface area contributed by atoms with Crippen LogP contribution in [-0.4, -0.2) is 34.5 Å². The molecule has 0 radical (unpaired) electrons. The molecule has 3 rings (SSSR count). The van der Waals surface area contributed by atoms with E-state index in [1.807, 2.05) is 32.9 Å². The SMILES string of the molecule is CC(C)(C)OC(=O)N1CCCc2cc(-c3cc(C(=O)O)no3)ccc21. The molecule has 1 aliphatic heterocycles. The zero-order chi connectivity index (χ0) is 18.2. The van der Waals surface area contributed by atoms with E-state index in [0.29, 0.717) is 12.3 Å². The van der Waals surface area contributed by atoms with Gasteiger partial charge in [0.2, 0.25) is 0 Å². The molecule has 7 nitrogen and oxygen atoms in total.